The standard InChI is InChI=1S/C34H42N6O4/c1-23-7-4-5-8-28(23)38-15-17-39(18-16-38)29-13-12-25(31(42)35-21-34(2,3)22-40-14-6-9-30(40)41)19-26(29)36-32(43)27-20-44-33(37-27)24-10-11-24/h4-5,7-8,12-13,19-20,24H,6,9-11,14-18,21-22H2,1-3H3,(H,35,42)(H,36,43). The second-order valence-corrected chi connectivity index (χ2v) is 13.1. The number of hydrogen-bond donors (Lipinski definition) is 2. The number of carbonyl (C=O) groups excluding carboxylic acids is 3. The van der Waals surface area contributed by atoms with Crippen molar-refractivity contribution in [3.63, 3.8) is 0 Å². The number of benzene rings is 2. The summed E-state index contributed by atoms with van der Waals surface area (Å²) in [5.74, 6) is 0.492. The molecule has 10 nitrogen and oxygen atoms in total. The Morgan fingerprint density at radius 2 is 1.70 bits per heavy atom. The molecule has 3 heterocycles. The van der Waals surface area contributed by atoms with Gasteiger partial charge in [-0.05, 0) is 61.4 Å². The van der Waals surface area contributed by atoms with Gasteiger partial charge in [0.1, 0.15) is 6.26 Å². The Kier molecular flexibility index (Phi) is 8.33. The van der Waals surface area contributed by atoms with Crippen molar-refractivity contribution in [1.29, 1.82) is 0 Å². The monoisotopic (exact) mass is 598 g/mol. The number of piperazine rings is 1. The molecule has 3 amide bonds. The molecule has 0 radical (unpaired) electrons. The molecule has 44 heavy (non-hydrogen) atoms. The largest absolute Gasteiger partial charge is 0.448 e. The van der Waals surface area contributed by atoms with Gasteiger partial charge in [0.2, 0.25) is 5.91 Å². The van der Waals surface area contributed by atoms with Gasteiger partial charge in [-0.3, -0.25) is 14.4 Å². The molecular formula is C34H42N6O4. The number of hydrogen-bond acceptors (Lipinski definition) is 7. The fourth-order valence-electron chi connectivity index (χ4n) is 6.12. The summed E-state index contributed by atoms with van der Waals surface area (Å²) >= 11 is 0. The van der Waals surface area contributed by atoms with Crippen molar-refractivity contribution in [2.75, 3.05) is 60.9 Å². The molecule has 3 aromatic rings. The maximum Gasteiger partial charge on any atom is 0.277 e. The van der Waals surface area contributed by atoms with E-state index in [9.17, 15) is 14.4 Å². The number of amides is 3. The maximum atomic E-state index is 13.4. The molecule has 232 valence electrons. The lowest BCUT2D eigenvalue weighted by atomic mass is 9.92. The Bertz CT molecular complexity index is 1540. The van der Waals surface area contributed by atoms with Crippen LogP contribution in [0, 0.1) is 12.3 Å². The molecule has 0 atom stereocenters. The van der Waals surface area contributed by atoms with E-state index in [2.05, 4.69) is 70.5 Å². The van der Waals surface area contributed by atoms with Crippen LogP contribution in [0.15, 0.2) is 53.1 Å². The molecule has 0 spiro atoms. The smallest absolute Gasteiger partial charge is 0.277 e. The van der Waals surface area contributed by atoms with Crippen LogP contribution in [0.1, 0.15) is 77.7 Å². The van der Waals surface area contributed by atoms with Gasteiger partial charge in [0, 0.05) is 69.4 Å². The summed E-state index contributed by atoms with van der Waals surface area (Å²) < 4.78 is 5.56. The first kappa shape index (κ1) is 29.7. The Morgan fingerprint density at radius 3 is 2.39 bits per heavy atom. The van der Waals surface area contributed by atoms with Gasteiger partial charge in [-0.1, -0.05) is 32.0 Å². The molecule has 0 bridgehead atoms. The third-order valence-electron chi connectivity index (χ3n) is 8.78. The van der Waals surface area contributed by atoms with Crippen molar-refractivity contribution >= 4 is 34.8 Å². The van der Waals surface area contributed by atoms with Crippen LogP contribution in [-0.4, -0.2) is 73.4 Å². The van der Waals surface area contributed by atoms with Gasteiger partial charge in [-0.2, -0.15) is 0 Å². The number of likely N-dealkylation sites (tertiary alicyclic amines) is 1. The highest BCUT2D eigenvalue weighted by atomic mass is 16.3. The minimum atomic E-state index is -0.366. The quantitative estimate of drug-likeness (QED) is 0.344. The first-order valence-electron chi connectivity index (χ1n) is 15.7. The number of aryl methyl sites for hydroxylation is 1. The first-order valence-corrected chi connectivity index (χ1v) is 15.7. The highest BCUT2D eigenvalue weighted by molar-refractivity contribution is 6.06. The zero-order chi connectivity index (χ0) is 30.8. The van der Waals surface area contributed by atoms with E-state index in [0.717, 1.165) is 57.7 Å². The normalized spacial score (nSPS) is 17.2. The van der Waals surface area contributed by atoms with E-state index < -0.39 is 0 Å². The van der Waals surface area contributed by atoms with E-state index in [4.69, 9.17) is 4.42 Å². The predicted octanol–water partition coefficient (Wildman–Crippen LogP) is 4.82. The second-order valence-electron chi connectivity index (χ2n) is 13.1. The summed E-state index contributed by atoms with van der Waals surface area (Å²) in [6, 6.07) is 13.9. The van der Waals surface area contributed by atoms with Gasteiger partial charge in [0.25, 0.3) is 11.8 Å². The van der Waals surface area contributed by atoms with E-state index in [-0.39, 0.29) is 28.8 Å². The van der Waals surface area contributed by atoms with Crippen LogP contribution >= 0.6 is 0 Å². The lowest BCUT2D eigenvalue weighted by Gasteiger charge is -2.38. The molecule has 1 saturated carbocycles. The van der Waals surface area contributed by atoms with Crippen molar-refractivity contribution in [1.82, 2.24) is 15.2 Å². The van der Waals surface area contributed by atoms with E-state index in [1.54, 1.807) is 6.07 Å². The number of nitrogens with zero attached hydrogens (tertiary/aromatic N) is 4. The topological polar surface area (TPSA) is 111 Å². The van der Waals surface area contributed by atoms with Crippen LogP contribution in [-0.2, 0) is 4.79 Å². The third-order valence-corrected chi connectivity index (χ3v) is 8.78. The van der Waals surface area contributed by atoms with Gasteiger partial charge in [0.05, 0.1) is 11.4 Å². The van der Waals surface area contributed by atoms with E-state index in [1.165, 1.54) is 17.5 Å². The minimum Gasteiger partial charge on any atom is -0.448 e. The summed E-state index contributed by atoms with van der Waals surface area (Å²) in [6.07, 6.45) is 4.96. The molecular weight excluding hydrogens is 556 g/mol. The number of anilines is 3. The van der Waals surface area contributed by atoms with Crippen molar-refractivity contribution in [2.45, 2.75) is 52.4 Å². The number of para-hydroxylation sites is 1. The Morgan fingerprint density at radius 1 is 0.977 bits per heavy atom. The highest BCUT2D eigenvalue weighted by Crippen LogP contribution is 2.39. The van der Waals surface area contributed by atoms with E-state index in [1.807, 2.05) is 17.0 Å². The minimum absolute atomic E-state index is 0.177. The van der Waals surface area contributed by atoms with Crippen LogP contribution < -0.4 is 20.4 Å². The molecule has 1 aromatic heterocycles. The van der Waals surface area contributed by atoms with Crippen LogP contribution in [0.25, 0.3) is 0 Å². The molecule has 2 aromatic carbocycles. The molecule has 2 aliphatic heterocycles. The zero-order valence-corrected chi connectivity index (χ0v) is 25.9. The van der Waals surface area contributed by atoms with E-state index in [0.29, 0.717) is 42.6 Å². The first-order chi connectivity index (χ1) is 21.2. The lowest BCUT2D eigenvalue weighted by molar-refractivity contribution is -0.128. The number of nitrogens with one attached hydrogen (secondary N) is 2. The Hall–Kier alpha value is -4.34. The van der Waals surface area contributed by atoms with Crippen molar-refractivity contribution in [2.24, 2.45) is 5.41 Å². The molecule has 0 unspecified atom stereocenters. The molecule has 1 aliphatic carbocycles. The van der Waals surface area contributed by atoms with Gasteiger partial charge >= 0.3 is 0 Å². The molecule has 6 rings (SSSR count). The highest BCUT2D eigenvalue weighted by Gasteiger charge is 2.31. The van der Waals surface area contributed by atoms with Crippen LogP contribution in [0.3, 0.4) is 0 Å². The summed E-state index contributed by atoms with van der Waals surface area (Å²) in [5, 5.41) is 6.08. The summed E-state index contributed by atoms with van der Waals surface area (Å²) in [4.78, 5) is 49.7. The second kappa shape index (κ2) is 12.3. The maximum absolute atomic E-state index is 13.4. The summed E-state index contributed by atoms with van der Waals surface area (Å²) in [6.45, 7) is 11.2. The lowest BCUT2D eigenvalue weighted by Crippen LogP contribution is -2.47. The predicted molar refractivity (Wildman–Crippen MR) is 170 cm³/mol. The number of rotatable bonds is 10. The number of carbonyl (C=O) groups is 3. The molecule has 2 saturated heterocycles. The van der Waals surface area contributed by atoms with Crippen LogP contribution in [0.4, 0.5) is 17.1 Å². The fourth-order valence-corrected chi connectivity index (χ4v) is 6.12. The molecule has 10 heteroatoms. The average molecular weight is 599 g/mol. The molecule has 3 aliphatic rings. The van der Waals surface area contributed by atoms with Crippen molar-refractivity contribution < 1.29 is 18.8 Å². The van der Waals surface area contributed by atoms with Gasteiger partial charge in [-0.15, -0.1) is 0 Å². The summed E-state index contributed by atoms with van der Waals surface area (Å²) in [7, 11) is 0. The Balaban J connectivity index is 1.18. The number of oxazole rings is 1. The van der Waals surface area contributed by atoms with Crippen molar-refractivity contribution in [3.8, 4) is 0 Å². The van der Waals surface area contributed by atoms with Gasteiger partial charge < -0.3 is 29.8 Å². The van der Waals surface area contributed by atoms with Crippen LogP contribution in [0.2, 0.25) is 0 Å². The molecule has 3 fully saturated rings. The molecule has 2 N–H and O–H groups in total. The SMILES string of the molecule is Cc1ccccc1N1CCN(c2ccc(C(=O)NCC(C)(C)CN3CCCC3=O)cc2NC(=O)c2coc(C3CC3)n2)CC1. The Labute approximate surface area is 258 Å². The zero-order valence-electron chi connectivity index (χ0n) is 25.9. The van der Waals surface area contributed by atoms with Crippen molar-refractivity contribution in [3.05, 3.63) is 71.4 Å². The fraction of sp³-hybridized carbons (Fsp3) is 0.471. The van der Waals surface area contributed by atoms with Gasteiger partial charge in [0.15, 0.2) is 11.6 Å². The third kappa shape index (κ3) is 6.74. The number of aromatic nitrogens is 1. The average Bonchev–Trinajstić information content (AvgIpc) is 3.61. The summed E-state index contributed by atoms with van der Waals surface area (Å²) in [5.41, 5.74) is 4.31. The van der Waals surface area contributed by atoms with Gasteiger partial charge in [-0.25, -0.2) is 4.98 Å². The van der Waals surface area contributed by atoms with E-state index >= 15 is 0 Å². The van der Waals surface area contributed by atoms with Crippen LogP contribution in [0.5, 0.6) is 0 Å².